The summed E-state index contributed by atoms with van der Waals surface area (Å²) in [5, 5.41) is 3.71. The molecule has 2 saturated heterocycles. The molecule has 2 fully saturated rings. The van der Waals surface area contributed by atoms with Crippen molar-refractivity contribution in [1.82, 2.24) is 5.32 Å². The van der Waals surface area contributed by atoms with E-state index in [1.54, 1.807) is 0 Å². The number of rotatable bonds is 4. The minimum atomic E-state index is 0.582. The number of nitrogens with zero attached hydrogens (tertiary/aromatic N) is 1. The van der Waals surface area contributed by atoms with Crippen LogP contribution >= 0.6 is 0 Å². The number of quaternary nitrogens is 1. The van der Waals surface area contributed by atoms with Gasteiger partial charge in [0.1, 0.15) is 5.54 Å². The van der Waals surface area contributed by atoms with Crippen molar-refractivity contribution < 1.29 is 4.48 Å². The van der Waals surface area contributed by atoms with Crippen LogP contribution in [0.1, 0.15) is 53.4 Å². The van der Waals surface area contributed by atoms with Gasteiger partial charge in [-0.05, 0) is 13.8 Å². The molecule has 2 aliphatic rings. The van der Waals surface area contributed by atoms with Crippen LogP contribution < -0.4 is 5.32 Å². The molecule has 2 aliphatic heterocycles. The van der Waals surface area contributed by atoms with Gasteiger partial charge in [0.25, 0.3) is 0 Å². The second-order valence-electron chi connectivity index (χ2n) is 6.54. The van der Waals surface area contributed by atoms with Crippen LogP contribution in [0.15, 0.2) is 0 Å². The zero-order chi connectivity index (χ0) is 11.8. The molecule has 0 bridgehead atoms. The largest absolute Gasteiger partial charge is 0.316 e. The Hall–Kier alpha value is -0.0800. The highest BCUT2D eigenvalue weighted by atomic mass is 15.5. The highest BCUT2D eigenvalue weighted by Crippen LogP contribution is 2.47. The lowest BCUT2D eigenvalue weighted by Crippen LogP contribution is -2.64. The van der Waals surface area contributed by atoms with Crippen molar-refractivity contribution in [1.29, 1.82) is 0 Å². The van der Waals surface area contributed by atoms with Crippen LogP contribution in [0.3, 0.4) is 0 Å². The molecular weight excluding hydrogens is 196 g/mol. The molecule has 0 aromatic heterocycles. The van der Waals surface area contributed by atoms with Crippen LogP contribution in [0.5, 0.6) is 0 Å². The smallest absolute Gasteiger partial charge is 0.112 e. The Morgan fingerprint density at radius 3 is 2.06 bits per heavy atom. The molecule has 0 unspecified atom stereocenters. The van der Waals surface area contributed by atoms with Crippen LogP contribution in [0, 0.1) is 0 Å². The molecule has 0 aromatic carbocycles. The van der Waals surface area contributed by atoms with Crippen LogP contribution in [0.4, 0.5) is 0 Å². The van der Waals surface area contributed by atoms with E-state index in [1.165, 1.54) is 49.8 Å². The molecule has 2 heterocycles. The molecule has 2 heteroatoms. The predicted octanol–water partition coefficient (Wildman–Crippen LogP) is 2.54. The molecule has 0 aliphatic carbocycles. The lowest BCUT2D eigenvalue weighted by atomic mass is 9.91. The van der Waals surface area contributed by atoms with Gasteiger partial charge in [-0.1, -0.05) is 13.8 Å². The molecule has 0 atom stereocenters. The number of nitrogens with one attached hydrogen (secondary N) is 1. The van der Waals surface area contributed by atoms with Gasteiger partial charge in [0.05, 0.1) is 25.7 Å². The molecular formula is C14H29N2+. The third-order valence-corrected chi connectivity index (χ3v) is 5.17. The van der Waals surface area contributed by atoms with Crippen molar-refractivity contribution in [3.63, 3.8) is 0 Å². The van der Waals surface area contributed by atoms with Crippen LogP contribution in [0.2, 0.25) is 0 Å². The molecule has 0 saturated carbocycles. The van der Waals surface area contributed by atoms with Crippen molar-refractivity contribution in [3.8, 4) is 0 Å². The van der Waals surface area contributed by atoms with Crippen LogP contribution in [0.25, 0.3) is 0 Å². The summed E-state index contributed by atoms with van der Waals surface area (Å²) in [7, 11) is 0. The lowest BCUT2D eigenvalue weighted by Gasteiger charge is -2.47. The van der Waals surface area contributed by atoms with Gasteiger partial charge < -0.3 is 9.80 Å². The van der Waals surface area contributed by atoms with E-state index in [0.29, 0.717) is 11.6 Å². The van der Waals surface area contributed by atoms with Gasteiger partial charge in [0.2, 0.25) is 0 Å². The highest BCUT2D eigenvalue weighted by Gasteiger charge is 2.58. The summed E-state index contributed by atoms with van der Waals surface area (Å²) in [6.07, 6.45) is 5.78. The van der Waals surface area contributed by atoms with Crippen molar-refractivity contribution >= 4 is 0 Å². The topological polar surface area (TPSA) is 12.0 Å². The molecule has 1 N–H and O–H groups in total. The van der Waals surface area contributed by atoms with E-state index in [1.807, 2.05) is 0 Å². The maximum atomic E-state index is 3.71. The maximum Gasteiger partial charge on any atom is 0.112 e. The maximum absolute atomic E-state index is 3.71. The highest BCUT2D eigenvalue weighted by molar-refractivity contribution is 4.94. The predicted molar refractivity (Wildman–Crippen MR) is 69.5 cm³/mol. The first-order valence-electron chi connectivity index (χ1n) is 7.13. The Bertz CT molecular complexity index is 235. The average molecular weight is 225 g/mol. The first-order chi connectivity index (χ1) is 7.52. The van der Waals surface area contributed by atoms with Gasteiger partial charge in [0, 0.05) is 31.7 Å². The average Bonchev–Trinajstić information content (AvgIpc) is 2.69. The third kappa shape index (κ3) is 1.70. The fourth-order valence-corrected chi connectivity index (χ4v) is 4.33. The summed E-state index contributed by atoms with van der Waals surface area (Å²) >= 11 is 0. The Labute approximate surface area is 101 Å². The Kier molecular flexibility index (Phi) is 3.33. The first kappa shape index (κ1) is 12.4. The first-order valence-corrected chi connectivity index (χ1v) is 7.13. The minimum absolute atomic E-state index is 0.582. The molecule has 0 aromatic rings. The van der Waals surface area contributed by atoms with E-state index in [-0.39, 0.29) is 0 Å². The molecule has 16 heavy (non-hydrogen) atoms. The fourth-order valence-electron chi connectivity index (χ4n) is 4.33. The summed E-state index contributed by atoms with van der Waals surface area (Å²) in [4.78, 5) is 0. The van der Waals surface area contributed by atoms with E-state index in [2.05, 4.69) is 33.0 Å². The van der Waals surface area contributed by atoms with Crippen molar-refractivity contribution in [2.45, 2.75) is 71.0 Å². The summed E-state index contributed by atoms with van der Waals surface area (Å²) in [6, 6.07) is 1.43. The SMILES string of the molecule is CC(C)NCC12CCC[N+]1(C(C)C)CCC2. The van der Waals surface area contributed by atoms with Crippen molar-refractivity contribution in [2.24, 2.45) is 0 Å². The molecule has 2 rings (SSSR count). The van der Waals surface area contributed by atoms with E-state index in [0.717, 1.165) is 6.04 Å². The summed E-state index contributed by atoms with van der Waals surface area (Å²) < 4.78 is 1.41. The number of hydrogen-bond donors (Lipinski definition) is 1. The van der Waals surface area contributed by atoms with E-state index in [9.17, 15) is 0 Å². The quantitative estimate of drug-likeness (QED) is 0.725. The third-order valence-electron chi connectivity index (χ3n) is 5.17. The van der Waals surface area contributed by atoms with Crippen LogP contribution in [-0.2, 0) is 0 Å². The fraction of sp³-hybridized carbons (Fsp3) is 1.00. The van der Waals surface area contributed by atoms with E-state index < -0.39 is 0 Å². The summed E-state index contributed by atoms with van der Waals surface area (Å²) in [5.74, 6) is 0. The Morgan fingerprint density at radius 2 is 1.62 bits per heavy atom. The summed E-state index contributed by atoms with van der Waals surface area (Å²) in [6.45, 7) is 13.5. The molecule has 0 amide bonds. The molecule has 0 spiro atoms. The molecule has 0 radical (unpaired) electrons. The zero-order valence-corrected chi connectivity index (χ0v) is 11.6. The van der Waals surface area contributed by atoms with Crippen LogP contribution in [-0.4, -0.2) is 41.7 Å². The standard InChI is InChI=1S/C14H29N2/c1-12(2)15-11-14-7-5-9-16(14,13(3)4)10-6-8-14/h12-13,15H,5-11H2,1-4H3/q+1. The Morgan fingerprint density at radius 1 is 1.06 bits per heavy atom. The van der Waals surface area contributed by atoms with Gasteiger partial charge in [-0.15, -0.1) is 0 Å². The van der Waals surface area contributed by atoms with Gasteiger partial charge >= 0.3 is 0 Å². The minimum Gasteiger partial charge on any atom is -0.316 e. The zero-order valence-electron chi connectivity index (χ0n) is 11.6. The lowest BCUT2D eigenvalue weighted by molar-refractivity contribution is -0.969. The van der Waals surface area contributed by atoms with Gasteiger partial charge in [0.15, 0.2) is 0 Å². The van der Waals surface area contributed by atoms with E-state index in [4.69, 9.17) is 0 Å². The molecule has 94 valence electrons. The normalized spacial score (nSPS) is 38.6. The van der Waals surface area contributed by atoms with Crippen molar-refractivity contribution in [2.75, 3.05) is 19.6 Å². The van der Waals surface area contributed by atoms with Gasteiger partial charge in [-0.3, -0.25) is 0 Å². The molecule has 2 nitrogen and oxygen atoms in total. The number of fused-ring (bicyclic) bond motifs is 1. The second-order valence-corrected chi connectivity index (χ2v) is 6.54. The van der Waals surface area contributed by atoms with E-state index >= 15 is 0 Å². The Balaban J connectivity index is 2.16. The van der Waals surface area contributed by atoms with Gasteiger partial charge in [-0.2, -0.15) is 0 Å². The second kappa shape index (κ2) is 4.30. The number of hydrogen-bond acceptors (Lipinski definition) is 1. The monoisotopic (exact) mass is 225 g/mol. The van der Waals surface area contributed by atoms with Gasteiger partial charge in [-0.25, -0.2) is 0 Å². The summed E-state index contributed by atoms with van der Waals surface area (Å²) in [5.41, 5.74) is 0.582. The van der Waals surface area contributed by atoms with Crippen molar-refractivity contribution in [3.05, 3.63) is 0 Å².